The molecule has 1 heterocycles. The molecular formula is C31H24BrFN4O4. The van der Waals surface area contributed by atoms with Crippen molar-refractivity contribution in [3.05, 3.63) is 117 Å². The van der Waals surface area contributed by atoms with Crippen LogP contribution in [0.15, 0.2) is 105 Å². The van der Waals surface area contributed by atoms with E-state index in [0.29, 0.717) is 44.9 Å². The largest absolute Gasteiger partial charge is 0.490 e. The van der Waals surface area contributed by atoms with Crippen LogP contribution in [0.2, 0.25) is 0 Å². The number of para-hydroxylation sites is 2. The summed E-state index contributed by atoms with van der Waals surface area (Å²) in [6.07, 6.45) is 1.52. The Morgan fingerprint density at radius 3 is 2.54 bits per heavy atom. The fourth-order valence-electron chi connectivity index (χ4n) is 4.08. The van der Waals surface area contributed by atoms with Crippen LogP contribution in [0.25, 0.3) is 22.3 Å². The van der Waals surface area contributed by atoms with Gasteiger partial charge in [0.25, 0.3) is 11.5 Å². The Bertz CT molecular complexity index is 1810. The highest BCUT2D eigenvalue weighted by Gasteiger charge is 2.16. The van der Waals surface area contributed by atoms with Gasteiger partial charge in [0.2, 0.25) is 0 Å². The first kappa shape index (κ1) is 27.7. The second kappa shape index (κ2) is 12.6. The zero-order valence-electron chi connectivity index (χ0n) is 21.9. The lowest BCUT2D eigenvalue weighted by atomic mass is 10.2. The number of carbonyl (C=O) groups is 1. The summed E-state index contributed by atoms with van der Waals surface area (Å²) in [5, 5.41) is 7.43. The van der Waals surface area contributed by atoms with Gasteiger partial charge in [-0.2, -0.15) is 9.78 Å². The van der Waals surface area contributed by atoms with Crippen LogP contribution in [-0.4, -0.2) is 35.0 Å². The van der Waals surface area contributed by atoms with Gasteiger partial charge in [-0.25, -0.2) is 9.37 Å². The van der Waals surface area contributed by atoms with Crippen LogP contribution in [0, 0.1) is 5.82 Å². The molecule has 0 aliphatic rings. The second-order valence-corrected chi connectivity index (χ2v) is 9.61. The summed E-state index contributed by atoms with van der Waals surface area (Å²) in [5.41, 5.74) is 1.66. The molecule has 5 rings (SSSR count). The number of aromatic nitrogens is 2. The SMILES string of the molecule is CCOc1cc(C=Nn2c(-c3ccccc3)nc3ccccc3c2=O)cc(Br)c1OCC(=O)Nc1ccccc1F. The van der Waals surface area contributed by atoms with Crippen LogP contribution in [0.4, 0.5) is 10.1 Å². The normalized spacial score (nSPS) is 11.1. The van der Waals surface area contributed by atoms with Crippen molar-refractivity contribution in [2.45, 2.75) is 6.92 Å². The molecule has 0 fully saturated rings. The van der Waals surface area contributed by atoms with Gasteiger partial charge in [-0.3, -0.25) is 9.59 Å². The molecule has 0 aliphatic carbocycles. The predicted octanol–water partition coefficient (Wildman–Crippen LogP) is 6.26. The lowest BCUT2D eigenvalue weighted by Gasteiger charge is -2.15. The van der Waals surface area contributed by atoms with Gasteiger partial charge in [0.1, 0.15) is 5.82 Å². The number of amides is 1. The van der Waals surface area contributed by atoms with E-state index in [4.69, 9.17) is 14.5 Å². The number of fused-ring (bicyclic) bond motifs is 1. The van der Waals surface area contributed by atoms with E-state index >= 15 is 0 Å². The third-order valence-electron chi connectivity index (χ3n) is 5.94. The van der Waals surface area contributed by atoms with Crippen LogP contribution in [-0.2, 0) is 4.79 Å². The smallest absolute Gasteiger partial charge is 0.282 e. The first-order valence-electron chi connectivity index (χ1n) is 12.7. The Morgan fingerprint density at radius 1 is 1.02 bits per heavy atom. The molecule has 0 atom stereocenters. The number of benzene rings is 4. The molecule has 0 unspecified atom stereocenters. The maximum atomic E-state index is 13.9. The number of anilines is 1. The molecular weight excluding hydrogens is 591 g/mol. The zero-order chi connectivity index (χ0) is 28.8. The molecule has 0 aliphatic heterocycles. The Kier molecular flexibility index (Phi) is 8.50. The van der Waals surface area contributed by atoms with Crippen molar-refractivity contribution < 1.29 is 18.7 Å². The van der Waals surface area contributed by atoms with Crippen molar-refractivity contribution in [2.75, 3.05) is 18.5 Å². The molecule has 41 heavy (non-hydrogen) atoms. The first-order valence-corrected chi connectivity index (χ1v) is 13.5. The number of hydrogen-bond donors (Lipinski definition) is 1. The van der Waals surface area contributed by atoms with E-state index in [1.54, 1.807) is 36.4 Å². The van der Waals surface area contributed by atoms with Crippen LogP contribution in [0.1, 0.15) is 12.5 Å². The zero-order valence-corrected chi connectivity index (χ0v) is 23.5. The van der Waals surface area contributed by atoms with E-state index < -0.39 is 11.7 Å². The first-order chi connectivity index (χ1) is 19.9. The molecule has 0 spiro atoms. The fourth-order valence-corrected chi connectivity index (χ4v) is 4.66. The number of ether oxygens (including phenoxy) is 2. The van der Waals surface area contributed by atoms with Crippen molar-refractivity contribution in [3.8, 4) is 22.9 Å². The van der Waals surface area contributed by atoms with Crippen LogP contribution < -0.4 is 20.3 Å². The van der Waals surface area contributed by atoms with E-state index in [1.165, 1.54) is 29.1 Å². The van der Waals surface area contributed by atoms with Crippen molar-refractivity contribution in [1.82, 2.24) is 9.66 Å². The van der Waals surface area contributed by atoms with E-state index in [-0.39, 0.29) is 17.9 Å². The van der Waals surface area contributed by atoms with E-state index in [1.807, 2.05) is 43.3 Å². The van der Waals surface area contributed by atoms with Crippen LogP contribution >= 0.6 is 15.9 Å². The van der Waals surface area contributed by atoms with Crippen molar-refractivity contribution >= 4 is 44.6 Å². The number of halogens is 2. The third-order valence-corrected chi connectivity index (χ3v) is 6.52. The molecule has 206 valence electrons. The Balaban J connectivity index is 1.45. The summed E-state index contributed by atoms with van der Waals surface area (Å²) >= 11 is 3.48. The number of hydrogen-bond acceptors (Lipinski definition) is 6. The highest BCUT2D eigenvalue weighted by molar-refractivity contribution is 9.10. The predicted molar refractivity (Wildman–Crippen MR) is 160 cm³/mol. The summed E-state index contributed by atoms with van der Waals surface area (Å²) in [4.78, 5) is 30.5. The van der Waals surface area contributed by atoms with Crippen molar-refractivity contribution in [1.29, 1.82) is 0 Å². The van der Waals surface area contributed by atoms with Gasteiger partial charge in [0, 0.05) is 5.56 Å². The summed E-state index contributed by atoms with van der Waals surface area (Å²) in [6.45, 7) is 1.77. The fraction of sp³-hybridized carbons (Fsp3) is 0.0968. The van der Waals surface area contributed by atoms with Gasteiger partial charge in [-0.05, 0) is 64.8 Å². The van der Waals surface area contributed by atoms with Gasteiger partial charge in [0.15, 0.2) is 23.9 Å². The number of rotatable bonds is 9. The molecule has 1 aromatic heterocycles. The highest BCUT2D eigenvalue weighted by Crippen LogP contribution is 2.36. The molecule has 1 N–H and O–H groups in total. The molecule has 8 nitrogen and oxygen atoms in total. The quantitative estimate of drug-likeness (QED) is 0.198. The molecule has 0 radical (unpaired) electrons. The molecule has 10 heteroatoms. The summed E-state index contributed by atoms with van der Waals surface area (Å²) in [5.74, 6) is -0.0320. The molecule has 1 amide bonds. The number of carbonyl (C=O) groups excluding carboxylic acids is 1. The van der Waals surface area contributed by atoms with Gasteiger partial charge in [-0.1, -0.05) is 54.6 Å². The molecule has 0 saturated heterocycles. The monoisotopic (exact) mass is 614 g/mol. The van der Waals surface area contributed by atoms with E-state index in [2.05, 4.69) is 26.3 Å². The van der Waals surface area contributed by atoms with Crippen LogP contribution in [0.3, 0.4) is 0 Å². The van der Waals surface area contributed by atoms with E-state index in [9.17, 15) is 14.0 Å². The number of nitrogens with zero attached hydrogens (tertiary/aromatic N) is 3. The lowest BCUT2D eigenvalue weighted by Crippen LogP contribution is -2.21. The Morgan fingerprint density at radius 2 is 1.76 bits per heavy atom. The van der Waals surface area contributed by atoms with Crippen molar-refractivity contribution in [3.63, 3.8) is 0 Å². The van der Waals surface area contributed by atoms with Crippen LogP contribution in [0.5, 0.6) is 11.5 Å². The maximum absolute atomic E-state index is 13.9. The van der Waals surface area contributed by atoms with Crippen molar-refractivity contribution in [2.24, 2.45) is 5.10 Å². The molecule has 0 saturated carbocycles. The second-order valence-electron chi connectivity index (χ2n) is 8.76. The standard InChI is InChI=1S/C31H24BrFN4O4/c1-2-40-27-17-20(16-23(32)29(27)41-19-28(38)35-26-15-9-7-13-24(26)33)18-34-37-30(21-10-4-3-5-11-21)36-25-14-8-6-12-22(25)31(37)39/h3-18H,2,19H2,1H3,(H,35,38). The molecule has 0 bridgehead atoms. The third kappa shape index (κ3) is 6.33. The average Bonchev–Trinajstić information content (AvgIpc) is 2.98. The Labute approximate surface area is 243 Å². The topological polar surface area (TPSA) is 94.8 Å². The minimum Gasteiger partial charge on any atom is -0.490 e. The summed E-state index contributed by atoms with van der Waals surface area (Å²) in [6, 6.07) is 25.7. The summed E-state index contributed by atoms with van der Waals surface area (Å²) < 4.78 is 27.2. The highest BCUT2D eigenvalue weighted by atomic mass is 79.9. The number of nitrogens with one attached hydrogen (secondary N) is 1. The molecule has 5 aromatic rings. The maximum Gasteiger partial charge on any atom is 0.282 e. The minimum atomic E-state index is -0.545. The van der Waals surface area contributed by atoms with Gasteiger partial charge < -0.3 is 14.8 Å². The van der Waals surface area contributed by atoms with Gasteiger partial charge >= 0.3 is 0 Å². The molecule has 4 aromatic carbocycles. The summed E-state index contributed by atoms with van der Waals surface area (Å²) in [7, 11) is 0. The van der Waals surface area contributed by atoms with Gasteiger partial charge in [-0.15, -0.1) is 0 Å². The van der Waals surface area contributed by atoms with Gasteiger partial charge in [0.05, 0.1) is 33.9 Å². The minimum absolute atomic E-state index is 0.0602. The Hall–Kier alpha value is -4.83. The van der Waals surface area contributed by atoms with E-state index in [0.717, 1.165) is 5.56 Å². The average molecular weight is 615 g/mol. The lowest BCUT2D eigenvalue weighted by molar-refractivity contribution is -0.118.